The third-order valence-electron chi connectivity index (χ3n) is 2.05. The highest BCUT2D eigenvalue weighted by molar-refractivity contribution is 7.16. The normalized spacial score (nSPS) is 12.7. The maximum absolute atomic E-state index is 9.88. The zero-order chi connectivity index (χ0) is 10.7. The molecule has 78 valence electrons. The van der Waals surface area contributed by atoms with E-state index in [1.54, 1.807) is 6.20 Å². The molecule has 0 aliphatic heterocycles. The quantitative estimate of drug-likeness (QED) is 0.893. The van der Waals surface area contributed by atoms with Crippen LogP contribution in [-0.2, 0) is 6.42 Å². The highest BCUT2D eigenvalue weighted by Gasteiger charge is 2.10. The molecule has 1 atom stereocenters. The van der Waals surface area contributed by atoms with E-state index in [1.165, 1.54) is 11.3 Å². The number of aliphatic hydroxyl groups excluding tert-OH is 1. The monoisotopic (exact) mass is 239 g/mol. The average Bonchev–Trinajstić information content (AvgIpc) is 2.65. The fraction of sp³-hybridized carbons (Fsp3) is 0.182. The van der Waals surface area contributed by atoms with Crippen molar-refractivity contribution < 1.29 is 5.11 Å². The van der Waals surface area contributed by atoms with Gasteiger partial charge in [-0.2, -0.15) is 0 Å². The number of hydrogen-bond donors (Lipinski definition) is 1. The summed E-state index contributed by atoms with van der Waals surface area (Å²) in [6.07, 6.45) is 1.69. The zero-order valence-electron chi connectivity index (χ0n) is 7.93. The molecule has 0 amide bonds. The fourth-order valence-electron chi connectivity index (χ4n) is 1.33. The van der Waals surface area contributed by atoms with E-state index in [-0.39, 0.29) is 0 Å². The summed E-state index contributed by atoms with van der Waals surface area (Å²) in [5.74, 6) is 0. The van der Waals surface area contributed by atoms with Crippen LogP contribution in [0.1, 0.15) is 16.7 Å². The number of halogens is 1. The summed E-state index contributed by atoms with van der Waals surface area (Å²) in [5.41, 5.74) is 0.696. The molecule has 0 saturated heterocycles. The van der Waals surface area contributed by atoms with Gasteiger partial charge in [0.25, 0.3) is 0 Å². The van der Waals surface area contributed by atoms with Gasteiger partial charge in [-0.3, -0.25) is 4.98 Å². The van der Waals surface area contributed by atoms with E-state index in [0.29, 0.717) is 12.1 Å². The maximum atomic E-state index is 9.88. The lowest BCUT2D eigenvalue weighted by atomic mass is 10.1. The molecule has 0 saturated carbocycles. The Bertz CT molecular complexity index is 429. The van der Waals surface area contributed by atoms with E-state index in [4.69, 9.17) is 11.6 Å². The Kier molecular flexibility index (Phi) is 3.36. The molecule has 0 aliphatic rings. The van der Waals surface area contributed by atoms with Gasteiger partial charge < -0.3 is 5.11 Å². The van der Waals surface area contributed by atoms with Crippen molar-refractivity contribution in [3.63, 3.8) is 0 Å². The minimum atomic E-state index is -0.555. The second-order valence-electron chi connectivity index (χ2n) is 3.18. The molecule has 0 fully saturated rings. The highest BCUT2D eigenvalue weighted by atomic mass is 35.5. The Morgan fingerprint density at radius 2 is 2.20 bits per heavy atom. The van der Waals surface area contributed by atoms with E-state index in [0.717, 1.165) is 9.21 Å². The Morgan fingerprint density at radius 3 is 2.80 bits per heavy atom. The number of nitrogens with zero attached hydrogens (tertiary/aromatic N) is 1. The van der Waals surface area contributed by atoms with Crippen molar-refractivity contribution in [3.8, 4) is 0 Å². The zero-order valence-corrected chi connectivity index (χ0v) is 9.50. The molecule has 4 heteroatoms. The Hall–Kier alpha value is -0.900. The van der Waals surface area contributed by atoms with Crippen LogP contribution in [0.3, 0.4) is 0 Å². The minimum Gasteiger partial charge on any atom is -0.386 e. The smallest absolute Gasteiger partial charge is 0.101 e. The van der Waals surface area contributed by atoms with Gasteiger partial charge in [0.1, 0.15) is 6.10 Å². The Balaban J connectivity index is 2.07. The topological polar surface area (TPSA) is 33.1 Å². The molecule has 0 spiro atoms. The van der Waals surface area contributed by atoms with Crippen molar-refractivity contribution in [2.75, 3.05) is 0 Å². The molecular formula is C11H10ClNOS. The van der Waals surface area contributed by atoms with Crippen molar-refractivity contribution in [3.05, 3.63) is 51.4 Å². The summed E-state index contributed by atoms with van der Waals surface area (Å²) in [6, 6.07) is 9.29. The molecule has 2 aromatic rings. The number of hydrogen-bond acceptors (Lipinski definition) is 3. The van der Waals surface area contributed by atoms with E-state index in [2.05, 4.69) is 4.98 Å². The molecule has 2 rings (SSSR count). The molecular weight excluding hydrogens is 230 g/mol. The van der Waals surface area contributed by atoms with E-state index >= 15 is 0 Å². The molecule has 1 unspecified atom stereocenters. The largest absolute Gasteiger partial charge is 0.386 e. The second kappa shape index (κ2) is 4.75. The van der Waals surface area contributed by atoms with Crippen molar-refractivity contribution in [2.45, 2.75) is 12.5 Å². The number of aliphatic hydroxyl groups is 1. The van der Waals surface area contributed by atoms with Crippen molar-refractivity contribution in [2.24, 2.45) is 0 Å². The molecule has 1 N–H and O–H groups in total. The first-order valence-corrected chi connectivity index (χ1v) is 5.78. The summed E-state index contributed by atoms with van der Waals surface area (Å²) < 4.78 is 0.748. The summed E-state index contributed by atoms with van der Waals surface area (Å²) in [7, 11) is 0. The van der Waals surface area contributed by atoms with Crippen LogP contribution >= 0.6 is 22.9 Å². The maximum Gasteiger partial charge on any atom is 0.101 e. The van der Waals surface area contributed by atoms with Gasteiger partial charge in [0.2, 0.25) is 0 Å². The van der Waals surface area contributed by atoms with Gasteiger partial charge in [-0.05, 0) is 24.3 Å². The lowest BCUT2D eigenvalue weighted by Gasteiger charge is -2.07. The first-order valence-electron chi connectivity index (χ1n) is 4.59. The Labute approximate surface area is 97.2 Å². The van der Waals surface area contributed by atoms with Crippen LogP contribution in [0.2, 0.25) is 4.34 Å². The van der Waals surface area contributed by atoms with Gasteiger partial charge in [0, 0.05) is 17.5 Å². The molecule has 2 aromatic heterocycles. The van der Waals surface area contributed by atoms with Gasteiger partial charge in [0.15, 0.2) is 0 Å². The molecule has 0 radical (unpaired) electrons. The van der Waals surface area contributed by atoms with Crippen LogP contribution in [0.25, 0.3) is 0 Å². The Morgan fingerprint density at radius 1 is 1.33 bits per heavy atom. The van der Waals surface area contributed by atoms with E-state index in [9.17, 15) is 5.11 Å². The second-order valence-corrected chi connectivity index (χ2v) is 4.98. The number of aromatic nitrogens is 1. The molecule has 2 nitrogen and oxygen atoms in total. The van der Waals surface area contributed by atoms with Gasteiger partial charge in [-0.1, -0.05) is 17.7 Å². The van der Waals surface area contributed by atoms with Gasteiger partial charge in [-0.15, -0.1) is 11.3 Å². The van der Waals surface area contributed by atoms with Crippen molar-refractivity contribution in [1.82, 2.24) is 4.98 Å². The van der Waals surface area contributed by atoms with Crippen molar-refractivity contribution >= 4 is 22.9 Å². The van der Waals surface area contributed by atoms with Crippen molar-refractivity contribution in [1.29, 1.82) is 0 Å². The molecule has 15 heavy (non-hydrogen) atoms. The molecule has 0 aromatic carbocycles. The van der Waals surface area contributed by atoms with E-state index in [1.807, 2.05) is 30.3 Å². The van der Waals surface area contributed by atoms with Crippen LogP contribution < -0.4 is 0 Å². The molecule has 0 aliphatic carbocycles. The number of pyridine rings is 1. The van der Waals surface area contributed by atoms with Crippen LogP contribution in [0, 0.1) is 0 Å². The fourth-order valence-corrected chi connectivity index (χ4v) is 2.45. The minimum absolute atomic E-state index is 0.555. The van der Waals surface area contributed by atoms with E-state index < -0.39 is 6.10 Å². The number of thiophene rings is 1. The lowest BCUT2D eigenvalue weighted by Crippen LogP contribution is -2.02. The predicted molar refractivity (Wildman–Crippen MR) is 62.2 cm³/mol. The predicted octanol–water partition coefficient (Wildman–Crippen LogP) is 3.07. The highest BCUT2D eigenvalue weighted by Crippen LogP contribution is 2.25. The first kappa shape index (κ1) is 10.6. The van der Waals surface area contributed by atoms with Crippen LogP contribution in [0.4, 0.5) is 0 Å². The van der Waals surface area contributed by atoms with Gasteiger partial charge in [-0.25, -0.2) is 0 Å². The average molecular weight is 240 g/mol. The third-order valence-corrected chi connectivity index (χ3v) is 3.31. The summed E-state index contributed by atoms with van der Waals surface area (Å²) in [4.78, 5) is 5.17. The van der Waals surface area contributed by atoms with Crippen LogP contribution in [0.5, 0.6) is 0 Å². The SMILES string of the molecule is OC(Cc1ccc(Cl)s1)c1ccccn1. The third kappa shape index (κ3) is 2.78. The first-order chi connectivity index (χ1) is 7.25. The number of rotatable bonds is 3. The summed E-state index contributed by atoms with van der Waals surface area (Å²) in [6.45, 7) is 0. The molecule has 0 bridgehead atoms. The summed E-state index contributed by atoms with van der Waals surface area (Å²) in [5, 5.41) is 9.88. The van der Waals surface area contributed by atoms with Gasteiger partial charge in [0.05, 0.1) is 10.0 Å². The van der Waals surface area contributed by atoms with Crippen LogP contribution in [0.15, 0.2) is 36.5 Å². The lowest BCUT2D eigenvalue weighted by molar-refractivity contribution is 0.174. The standard InChI is InChI=1S/C11H10ClNOS/c12-11-5-4-8(15-11)7-10(14)9-3-1-2-6-13-9/h1-6,10,14H,7H2. The molecule has 2 heterocycles. The van der Waals surface area contributed by atoms with Gasteiger partial charge >= 0.3 is 0 Å². The van der Waals surface area contributed by atoms with Crippen LogP contribution in [-0.4, -0.2) is 10.1 Å². The summed E-state index contributed by atoms with van der Waals surface area (Å²) >= 11 is 7.30.